The molecule has 1 unspecified atom stereocenters. The van der Waals surface area contributed by atoms with Crippen LogP contribution in [-0.2, 0) is 18.3 Å². The second kappa shape index (κ2) is 13.1. The van der Waals surface area contributed by atoms with Crippen molar-refractivity contribution in [1.82, 2.24) is 24.2 Å². The molecule has 2 aliphatic carbocycles. The van der Waals surface area contributed by atoms with E-state index in [-0.39, 0.29) is 16.8 Å². The second-order valence-electron chi connectivity index (χ2n) is 13.9. The third-order valence-corrected chi connectivity index (χ3v) is 11.1. The number of hydrogen-bond acceptors (Lipinski definition) is 8. The number of anilines is 1. The van der Waals surface area contributed by atoms with Gasteiger partial charge in [0, 0.05) is 61.5 Å². The maximum Gasteiger partial charge on any atom is 0.250 e. The van der Waals surface area contributed by atoms with Gasteiger partial charge in [-0.05, 0) is 106 Å². The van der Waals surface area contributed by atoms with E-state index < -0.39 is 11.3 Å². The van der Waals surface area contributed by atoms with Crippen LogP contribution >= 0.6 is 0 Å². The predicted molar refractivity (Wildman–Crippen MR) is 174 cm³/mol. The average molecular weight is 650 g/mol. The normalized spacial score (nSPS) is 23.7. The summed E-state index contributed by atoms with van der Waals surface area (Å²) in [6.07, 6.45) is 12.1. The Morgan fingerprint density at radius 3 is 2.50 bits per heavy atom. The third kappa shape index (κ3) is 6.76. The monoisotopic (exact) mass is 649 g/mol. The van der Waals surface area contributed by atoms with Crippen LogP contribution in [0.25, 0.3) is 11.3 Å². The molecule has 4 aliphatic rings. The molecule has 1 N–H and O–H groups in total. The molecule has 2 aliphatic heterocycles. The van der Waals surface area contributed by atoms with Gasteiger partial charge in [-0.1, -0.05) is 6.07 Å². The number of ether oxygens (including phenoxy) is 1. The van der Waals surface area contributed by atoms with Crippen LogP contribution in [0.4, 0.5) is 10.2 Å². The molecule has 0 amide bonds. The first-order valence-electron chi connectivity index (χ1n) is 16.5. The Morgan fingerprint density at radius 2 is 1.78 bits per heavy atom. The van der Waals surface area contributed by atoms with Crippen LogP contribution in [0.5, 0.6) is 11.5 Å². The molecule has 0 radical (unpaired) electrons. The van der Waals surface area contributed by atoms with Crippen LogP contribution in [0, 0.1) is 23.1 Å². The number of halogens is 1. The molecule has 0 bridgehead atoms. The third-order valence-electron chi connectivity index (χ3n) is 10.7. The van der Waals surface area contributed by atoms with E-state index in [9.17, 15) is 17.9 Å². The number of nitrogens with one attached hydrogen (secondary N) is 1. The molecule has 2 aromatic heterocycles. The summed E-state index contributed by atoms with van der Waals surface area (Å²) in [4.78, 5) is 26.4. The van der Waals surface area contributed by atoms with Gasteiger partial charge in [-0.3, -0.25) is 9.00 Å². The molecule has 2 saturated carbocycles. The van der Waals surface area contributed by atoms with Crippen LogP contribution in [0.3, 0.4) is 0 Å². The fourth-order valence-electron chi connectivity index (χ4n) is 7.84. The Morgan fingerprint density at radius 1 is 1.04 bits per heavy atom. The highest BCUT2D eigenvalue weighted by Gasteiger charge is 2.46. The summed E-state index contributed by atoms with van der Waals surface area (Å²) in [5, 5.41) is 0. The quantitative estimate of drug-likeness (QED) is 0.313. The number of rotatable bonds is 10. The van der Waals surface area contributed by atoms with E-state index in [1.165, 1.54) is 25.0 Å². The number of aromatic nitrogens is 3. The summed E-state index contributed by atoms with van der Waals surface area (Å²) >= 11 is -2.17. The first kappa shape index (κ1) is 31.4. The van der Waals surface area contributed by atoms with Gasteiger partial charge in [0.1, 0.15) is 17.9 Å². The molecule has 2 saturated heterocycles. The predicted octanol–water partition coefficient (Wildman–Crippen LogP) is 4.74. The smallest absolute Gasteiger partial charge is 0.250 e. The lowest BCUT2D eigenvalue weighted by atomic mass is 9.71. The van der Waals surface area contributed by atoms with Crippen LogP contribution in [-0.4, -0.2) is 67.5 Å². The van der Waals surface area contributed by atoms with Crippen LogP contribution in [0.2, 0.25) is 0 Å². The molecule has 7 rings (SSSR count). The van der Waals surface area contributed by atoms with Crippen molar-refractivity contribution >= 4 is 17.1 Å². The van der Waals surface area contributed by atoms with Crippen molar-refractivity contribution in [1.29, 1.82) is 0 Å². The zero-order valence-electron chi connectivity index (χ0n) is 26.3. The van der Waals surface area contributed by atoms with E-state index in [0.29, 0.717) is 47.1 Å². The first-order chi connectivity index (χ1) is 22.3. The molecule has 1 atom stereocenters. The largest absolute Gasteiger partial charge is 0.760 e. The van der Waals surface area contributed by atoms with Crippen molar-refractivity contribution in [3.8, 4) is 22.8 Å². The van der Waals surface area contributed by atoms with Crippen LogP contribution in [0.15, 0.2) is 47.7 Å². The van der Waals surface area contributed by atoms with Gasteiger partial charge in [0.15, 0.2) is 11.6 Å². The van der Waals surface area contributed by atoms with Crippen LogP contribution < -0.4 is 19.9 Å². The van der Waals surface area contributed by atoms with E-state index >= 15 is 0 Å². The average Bonchev–Trinajstić information content (AvgIpc) is 3.88. The van der Waals surface area contributed by atoms with Gasteiger partial charge >= 0.3 is 0 Å². The number of nitrogens with zero attached hydrogens (tertiary/aromatic N) is 5. The lowest BCUT2D eigenvalue weighted by molar-refractivity contribution is 0.0605. The summed E-state index contributed by atoms with van der Waals surface area (Å²) in [6, 6.07) is 7.92. The van der Waals surface area contributed by atoms with E-state index in [1.807, 2.05) is 6.07 Å². The SMILES string of the molecule is Cn1c(-c2cc(F)ccc2Oc2cncnc2N2CC3(CCN(CC4CCC(CNS(=O)[O-])CC4)CC3)C2)c(C2CC2)ccc1=O. The highest BCUT2D eigenvalue weighted by Crippen LogP contribution is 2.48. The van der Waals surface area contributed by atoms with Gasteiger partial charge in [-0.2, -0.15) is 0 Å². The highest BCUT2D eigenvalue weighted by atomic mass is 32.2. The van der Waals surface area contributed by atoms with Crippen molar-refractivity contribution in [2.45, 2.75) is 57.3 Å². The number of likely N-dealkylation sites (tertiary alicyclic amines) is 1. The number of hydrogen-bond donors (Lipinski definition) is 1. The van der Waals surface area contributed by atoms with Crippen molar-refractivity contribution < 1.29 is 17.9 Å². The number of benzene rings is 1. The lowest BCUT2D eigenvalue weighted by Gasteiger charge is -2.54. The fourth-order valence-corrected chi connectivity index (χ4v) is 8.21. The van der Waals surface area contributed by atoms with Gasteiger partial charge in [0.2, 0.25) is 0 Å². The molecule has 12 heteroatoms. The zero-order valence-corrected chi connectivity index (χ0v) is 27.1. The Kier molecular flexibility index (Phi) is 8.97. The number of piperidine rings is 1. The van der Waals surface area contributed by atoms with Gasteiger partial charge in [0.25, 0.3) is 5.56 Å². The highest BCUT2D eigenvalue weighted by molar-refractivity contribution is 7.77. The minimum Gasteiger partial charge on any atom is -0.760 e. The lowest BCUT2D eigenvalue weighted by Crippen LogP contribution is -2.61. The van der Waals surface area contributed by atoms with E-state index in [1.54, 1.807) is 36.3 Å². The van der Waals surface area contributed by atoms with Gasteiger partial charge in [-0.25, -0.2) is 19.1 Å². The van der Waals surface area contributed by atoms with Crippen molar-refractivity contribution in [3.63, 3.8) is 0 Å². The van der Waals surface area contributed by atoms with Crippen LogP contribution in [0.1, 0.15) is 62.8 Å². The second-order valence-corrected chi connectivity index (χ2v) is 14.6. The summed E-state index contributed by atoms with van der Waals surface area (Å²) in [5.74, 6) is 2.84. The minimum atomic E-state index is -2.17. The van der Waals surface area contributed by atoms with E-state index in [2.05, 4.69) is 24.5 Å². The molecular weight excluding hydrogens is 607 g/mol. The van der Waals surface area contributed by atoms with Crippen molar-refractivity contribution in [2.75, 3.05) is 44.2 Å². The topological polar surface area (TPSA) is 116 Å². The Labute approximate surface area is 271 Å². The molecule has 4 heterocycles. The van der Waals surface area contributed by atoms with Gasteiger partial charge in [-0.15, -0.1) is 0 Å². The summed E-state index contributed by atoms with van der Waals surface area (Å²) in [5.41, 5.74) is 2.40. The minimum absolute atomic E-state index is 0.146. The number of pyridine rings is 1. The molecule has 1 aromatic carbocycles. The van der Waals surface area contributed by atoms with Crippen molar-refractivity contribution in [2.24, 2.45) is 24.3 Å². The Hall–Kier alpha value is -3.19. The molecule has 10 nitrogen and oxygen atoms in total. The maximum absolute atomic E-state index is 14.7. The van der Waals surface area contributed by atoms with E-state index in [0.717, 1.165) is 82.6 Å². The summed E-state index contributed by atoms with van der Waals surface area (Å²) in [7, 11) is 1.73. The van der Waals surface area contributed by atoms with Gasteiger partial charge < -0.3 is 23.7 Å². The van der Waals surface area contributed by atoms with Crippen molar-refractivity contribution in [3.05, 3.63) is 64.6 Å². The maximum atomic E-state index is 14.7. The fraction of sp³-hybridized carbons (Fsp3) is 0.559. The standard InChI is InChI=1S/C34H43FN6O4S/c1-39-31(42)11-9-27(25-6-7-25)32(39)28-16-26(35)8-10-29(28)45-30-18-36-22-37-33(30)41-20-34(21-41)12-14-40(15-13-34)19-24-4-2-23(3-5-24)17-38-46(43)44/h8-11,16,18,22-25,38H,2-7,12-15,17,19-21H2,1H3,(H,43,44)/p-1. The molecule has 1 spiro atoms. The molecule has 4 fully saturated rings. The Bertz CT molecular complexity index is 1640. The Balaban J connectivity index is 0.991. The molecular formula is C34H42FN6O4S-. The molecule has 3 aromatic rings. The first-order valence-corrected chi connectivity index (χ1v) is 17.6. The summed E-state index contributed by atoms with van der Waals surface area (Å²) < 4.78 is 46.9. The van der Waals surface area contributed by atoms with E-state index in [4.69, 9.17) is 4.74 Å². The van der Waals surface area contributed by atoms with Gasteiger partial charge in [0.05, 0.1) is 11.9 Å². The zero-order chi connectivity index (χ0) is 31.8. The molecule has 46 heavy (non-hydrogen) atoms. The summed E-state index contributed by atoms with van der Waals surface area (Å²) in [6.45, 7) is 5.69. The molecule has 246 valence electrons.